The first-order chi connectivity index (χ1) is 15.2. The van der Waals surface area contributed by atoms with Gasteiger partial charge in [0.1, 0.15) is 5.75 Å². The van der Waals surface area contributed by atoms with E-state index in [1.54, 1.807) is 43.3 Å². The van der Waals surface area contributed by atoms with Gasteiger partial charge in [0.2, 0.25) is 5.91 Å². The molecule has 2 N–H and O–H groups in total. The summed E-state index contributed by atoms with van der Waals surface area (Å²) in [6.07, 6.45) is -0.225. The van der Waals surface area contributed by atoms with E-state index in [1.807, 2.05) is 0 Å². The minimum Gasteiger partial charge on any atom is -0.497 e. The predicted molar refractivity (Wildman–Crippen MR) is 120 cm³/mol. The molecular weight excluding hydrogens is 434 g/mol. The lowest BCUT2D eigenvalue weighted by atomic mass is 10.1. The average Bonchev–Trinajstić information content (AvgIpc) is 2.75. The highest BCUT2D eigenvalue weighted by atomic mass is 32.2. The van der Waals surface area contributed by atoms with Crippen molar-refractivity contribution in [1.29, 1.82) is 0 Å². The van der Waals surface area contributed by atoms with Crippen molar-refractivity contribution in [2.45, 2.75) is 18.2 Å². The van der Waals surface area contributed by atoms with Gasteiger partial charge < -0.3 is 10.1 Å². The van der Waals surface area contributed by atoms with Crippen LogP contribution in [0.5, 0.6) is 5.75 Å². The second-order valence-corrected chi connectivity index (χ2v) is 8.60. The molecule has 0 aliphatic rings. The number of para-hydroxylation sites is 1. The largest absolute Gasteiger partial charge is 0.497 e. The minimum atomic E-state index is -3.92. The summed E-state index contributed by atoms with van der Waals surface area (Å²) in [5.74, 6) is 0.0898. The van der Waals surface area contributed by atoms with Gasteiger partial charge in [0.25, 0.3) is 15.7 Å². The van der Waals surface area contributed by atoms with Gasteiger partial charge >= 0.3 is 0 Å². The Balaban J connectivity index is 1.79. The number of sulfonamides is 1. The molecule has 0 bridgehead atoms. The monoisotopic (exact) mass is 455 g/mol. The van der Waals surface area contributed by atoms with Crippen LogP contribution in [-0.2, 0) is 21.2 Å². The van der Waals surface area contributed by atoms with E-state index >= 15 is 0 Å². The number of aryl methyl sites for hydroxylation is 1. The molecule has 32 heavy (non-hydrogen) atoms. The number of rotatable bonds is 8. The first kappa shape index (κ1) is 22.8. The Bertz CT molecular complexity index is 1260. The second kappa shape index (κ2) is 9.48. The van der Waals surface area contributed by atoms with Crippen LogP contribution in [0, 0.1) is 17.0 Å². The number of nitrogens with zero attached hydrogens (tertiary/aromatic N) is 1. The van der Waals surface area contributed by atoms with E-state index < -0.39 is 20.9 Å². The van der Waals surface area contributed by atoms with Crippen LogP contribution in [0.1, 0.15) is 11.1 Å². The molecule has 0 saturated carbocycles. The molecular formula is C22H21N3O6S. The van der Waals surface area contributed by atoms with E-state index in [9.17, 15) is 23.3 Å². The van der Waals surface area contributed by atoms with Gasteiger partial charge in [0, 0.05) is 23.0 Å². The molecule has 10 heteroatoms. The molecule has 3 rings (SSSR count). The molecule has 0 heterocycles. The quantitative estimate of drug-likeness (QED) is 0.392. The van der Waals surface area contributed by atoms with Crippen molar-refractivity contribution in [3.8, 4) is 5.75 Å². The molecule has 0 aliphatic carbocycles. The number of hydrogen-bond donors (Lipinski definition) is 2. The molecule has 0 aromatic heterocycles. The SMILES string of the molecule is COc1ccc(NS(=O)(=O)c2ccc(C)c(NC(=O)Cc3ccccc3[N+](=O)[O-])c2)cc1. The fourth-order valence-corrected chi connectivity index (χ4v) is 4.07. The third-order valence-corrected chi connectivity index (χ3v) is 6.05. The average molecular weight is 455 g/mol. The molecule has 0 fully saturated rings. The van der Waals surface area contributed by atoms with Gasteiger partial charge in [-0.3, -0.25) is 19.6 Å². The zero-order valence-corrected chi connectivity index (χ0v) is 18.2. The summed E-state index contributed by atoms with van der Waals surface area (Å²) in [6, 6.07) is 16.7. The highest BCUT2D eigenvalue weighted by Crippen LogP contribution is 2.24. The molecule has 3 aromatic rings. The molecule has 1 amide bonds. The standard InChI is InChI=1S/C22H21N3O6S/c1-15-7-12-19(32(29,30)24-17-8-10-18(31-2)11-9-17)14-20(15)23-22(26)13-16-5-3-4-6-21(16)25(27)28/h3-12,14,24H,13H2,1-2H3,(H,23,26). The van der Waals surface area contributed by atoms with E-state index in [2.05, 4.69) is 10.0 Å². The summed E-state index contributed by atoms with van der Waals surface area (Å²) in [5, 5.41) is 13.8. The molecule has 0 unspecified atom stereocenters. The lowest BCUT2D eigenvalue weighted by molar-refractivity contribution is -0.385. The number of nitro benzene ring substituents is 1. The van der Waals surface area contributed by atoms with Gasteiger partial charge in [-0.15, -0.1) is 0 Å². The fraction of sp³-hybridized carbons (Fsp3) is 0.136. The van der Waals surface area contributed by atoms with Crippen LogP contribution in [0.4, 0.5) is 17.1 Å². The number of anilines is 2. The van der Waals surface area contributed by atoms with Crippen LogP contribution in [0.15, 0.2) is 71.6 Å². The zero-order chi connectivity index (χ0) is 23.3. The predicted octanol–water partition coefficient (Wildman–Crippen LogP) is 3.89. The topological polar surface area (TPSA) is 128 Å². The van der Waals surface area contributed by atoms with Gasteiger partial charge in [-0.25, -0.2) is 8.42 Å². The first-order valence-electron chi connectivity index (χ1n) is 9.49. The van der Waals surface area contributed by atoms with Crippen LogP contribution in [-0.4, -0.2) is 26.4 Å². The Morgan fingerprint density at radius 2 is 1.75 bits per heavy atom. The van der Waals surface area contributed by atoms with Gasteiger partial charge in [0.15, 0.2) is 0 Å². The van der Waals surface area contributed by atoms with E-state index in [0.717, 1.165) is 0 Å². The van der Waals surface area contributed by atoms with Gasteiger partial charge in [-0.05, 0) is 48.9 Å². The molecule has 0 atom stereocenters. The molecule has 166 valence electrons. The molecule has 3 aromatic carbocycles. The summed E-state index contributed by atoms with van der Waals surface area (Å²) < 4.78 is 33.1. The summed E-state index contributed by atoms with van der Waals surface area (Å²) in [5.41, 5.74) is 1.40. The van der Waals surface area contributed by atoms with Crippen molar-refractivity contribution in [2.75, 3.05) is 17.1 Å². The number of methoxy groups -OCH3 is 1. The smallest absolute Gasteiger partial charge is 0.273 e. The number of hydrogen-bond acceptors (Lipinski definition) is 6. The van der Waals surface area contributed by atoms with Crippen molar-refractivity contribution >= 4 is 33.0 Å². The number of benzene rings is 3. The van der Waals surface area contributed by atoms with E-state index in [4.69, 9.17) is 4.74 Å². The third kappa shape index (κ3) is 5.41. The Labute approximate surface area is 185 Å². The maximum absolute atomic E-state index is 12.8. The van der Waals surface area contributed by atoms with Crippen LogP contribution in [0.25, 0.3) is 0 Å². The number of nitro groups is 1. The summed E-state index contributed by atoms with van der Waals surface area (Å²) >= 11 is 0. The number of carbonyl (C=O) groups is 1. The Morgan fingerprint density at radius 3 is 2.41 bits per heavy atom. The lowest BCUT2D eigenvalue weighted by Gasteiger charge is -2.13. The normalized spacial score (nSPS) is 10.9. The maximum Gasteiger partial charge on any atom is 0.273 e. The van der Waals surface area contributed by atoms with Crippen molar-refractivity contribution in [3.63, 3.8) is 0 Å². The third-order valence-electron chi connectivity index (χ3n) is 4.67. The van der Waals surface area contributed by atoms with Crippen LogP contribution < -0.4 is 14.8 Å². The zero-order valence-electron chi connectivity index (χ0n) is 17.4. The van der Waals surface area contributed by atoms with E-state index in [1.165, 1.54) is 37.4 Å². The van der Waals surface area contributed by atoms with Gasteiger partial charge in [0.05, 0.1) is 23.3 Å². The first-order valence-corrected chi connectivity index (χ1v) is 11.0. The molecule has 0 radical (unpaired) electrons. The summed E-state index contributed by atoms with van der Waals surface area (Å²) in [6.45, 7) is 1.72. The van der Waals surface area contributed by atoms with Crippen molar-refractivity contribution in [3.05, 3.63) is 88.0 Å². The Morgan fingerprint density at radius 1 is 1.06 bits per heavy atom. The van der Waals surface area contributed by atoms with Crippen molar-refractivity contribution < 1.29 is 22.9 Å². The number of ether oxygens (including phenoxy) is 1. The molecule has 9 nitrogen and oxygen atoms in total. The number of nitrogens with one attached hydrogen (secondary N) is 2. The van der Waals surface area contributed by atoms with Crippen LogP contribution in [0.2, 0.25) is 0 Å². The second-order valence-electron chi connectivity index (χ2n) is 6.92. The molecule has 0 spiro atoms. The maximum atomic E-state index is 12.8. The van der Waals surface area contributed by atoms with Crippen LogP contribution >= 0.6 is 0 Å². The van der Waals surface area contributed by atoms with Crippen LogP contribution in [0.3, 0.4) is 0 Å². The molecule has 0 saturated heterocycles. The summed E-state index contributed by atoms with van der Waals surface area (Å²) in [7, 11) is -2.41. The fourth-order valence-electron chi connectivity index (χ4n) is 2.98. The Hall–Kier alpha value is -3.92. The lowest BCUT2D eigenvalue weighted by Crippen LogP contribution is -2.17. The Kier molecular flexibility index (Phi) is 6.74. The van der Waals surface area contributed by atoms with Gasteiger partial charge in [-0.2, -0.15) is 0 Å². The summed E-state index contributed by atoms with van der Waals surface area (Å²) in [4.78, 5) is 23.1. The van der Waals surface area contributed by atoms with Crippen molar-refractivity contribution in [2.24, 2.45) is 0 Å². The highest BCUT2D eigenvalue weighted by molar-refractivity contribution is 7.92. The van der Waals surface area contributed by atoms with Gasteiger partial charge in [-0.1, -0.05) is 24.3 Å². The number of amides is 1. The van der Waals surface area contributed by atoms with Crippen molar-refractivity contribution in [1.82, 2.24) is 0 Å². The minimum absolute atomic E-state index is 0.0418. The molecule has 0 aliphatic heterocycles. The van der Waals surface area contributed by atoms with E-state index in [0.29, 0.717) is 22.7 Å². The number of carbonyl (C=O) groups excluding carboxylic acids is 1. The highest BCUT2D eigenvalue weighted by Gasteiger charge is 2.19. The van der Waals surface area contributed by atoms with E-state index in [-0.39, 0.29) is 22.6 Å².